The molecule has 114 valence electrons. The summed E-state index contributed by atoms with van der Waals surface area (Å²) in [6.45, 7) is 1.45. The van der Waals surface area contributed by atoms with Crippen molar-refractivity contribution < 1.29 is 14.7 Å². The van der Waals surface area contributed by atoms with Crippen molar-refractivity contribution in [3.8, 4) is 0 Å². The van der Waals surface area contributed by atoms with Crippen LogP contribution in [0.3, 0.4) is 0 Å². The van der Waals surface area contributed by atoms with Gasteiger partial charge in [-0.15, -0.1) is 0 Å². The smallest absolute Gasteiger partial charge is 0.329 e. The van der Waals surface area contributed by atoms with Gasteiger partial charge in [0.15, 0.2) is 0 Å². The van der Waals surface area contributed by atoms with E-state index in [9.17, 15) is 19.5 Å². The average molecular weight is 293 g/mol. The van der Waals surface area contributed by atoms with Crippen LogP contribution in [0.5, 0.6) is 0 Å². The highest BCUT2D eigenvalue weighted by Gasteiger charge is 2.40. The Morgan fingerprint density at radius 3 is 2.62 bits per heavy atom. The second-order valence-corrected chi connectivity index (χ2v) is 5.47. The van der Waals surface area contributed by atoms with Gasteiger partial charge in [-0.2, -0.15) is 5.10 Å². The van der Waals surface area contributed by atoms with Gasteiger partial charge in [0.1, 0.15) is 12.1 Å². The molecule has 0 atom stereocenters. The van der Waals surface area contributed by atoms with Gasteiger partial charge in [0, 0.05) is 6.07 Å². The van der Waals surface area contributed by atoms with Crippen molar-refractivity contribution in [3.63, 3.8) is 0 Å². The molecule has 1 aliphatic carbocycles. The summed E-state index contributed by atoms with van der Waals surface area (Å²) in [6.07, 6.45) is 3.36. The van der Waals surface area contributed by atoms with Crippen molar-refractivity contribution in [1.82, 2.24) is 15.1 Å². The molecular weight excluding hydrogens is 274 g/mol. The first-order valence-corrected chi connectivity index (χ1v) is 7.02. The standard InChI is InChI=1S/C14H19N3O4/c1-10-5-6-12(19)17(16-10)9-11(18)15-14(13(20)21)7-3-2-4-8-14/h5-6H,2-4,7-9H2,1H3,(H,15,18)(H,20,21). The number of amides is 1. The third-order valence-electron chi connectivity index (χ3n) is 3.79. The van der Waals surface area contributed by atoms with Crippen LogP contribution >= 0.6 is 0 Å². The first-order valence-electron chi connectivity index (χ1n) is 7.02. The lowest BCUT2D eigenvalue weighted by Gasteiger charge is -2.33. The molecule has 2 rings (SSSR count). The molecule has 1 aromatic heterocycles. The van der Waals surface area contributed by atoms with E-state index in [2.05, 4.69) is 10.4 Å². The monoisotopic (exact) mass is 293 g/mol. The third kappa shape index (κ3) is 3.48. The van der Waals surface area contributed by atoms with Crippen LogP contribution in [-0.4, -0.2) is 32.3 Å². The minimum atomic E-state index is -1.21. The van der Waals surface area contributed by atoms with Gasteiger partial charge in [0.05, 0.1) is 5.69 Å². The van der Waals surface area contributed by atoms with Gasteiger partial charge in [-0.1, -0.05) is 19.3 Å². The van der Waals surface area contributed by atoms with Crippen LogP contribution in [-0.2, 0) is 16.1 Å². The number of carbonyl (C=O) groups excluding carboxylic acids is 1. The number of hydrogen-bond acceptors (Lipinski definition) is 4. The number of carbonyl (C=O) groups is 2. The normalized spacial score (nSPS) is 17.2. The lowest BCUT2D eigenvalue weighted by molar-refractivity contribution is -0.149. The van der Waals surface area contributed by atoms with E-state index in [1.165, 1.54) is 6.07 Å². The fourth-order valence-electron chi connectivity index (χ4n) is 2.65. The maximum absolute atomic E-state index is 12.1. The third-order valence-corrected chi connectivity index (χ3v) is 3.79. The van der Waals surface area contributed by atoms with Crippen molar-refractivity contribution >= 4 is 11.9 Å². The summed E-state index contributed by atoms with van der Waals surface area (Å²) in [5, 5.41) is 16.0. The number of carboxylic acids is 1. The zero-order valence-electron chi connectivity index (χ0n) is 12.0. The summed E-state index contributed by atoms with van der Waals surface area (Å²) in [7, 11) is 0. The van der Waals surface area contributed by atoms with E-state index in [1.807, 2.05) is 0 Å². The first-order chi connectivity index (χ1) is 9.93. The number of aryl methyl sites for hydroxylation is 1. The first kappa shape index (κ1) is 15.2. The minimum absolute atomic E-state index is 0.268. The van der Waals surface area contributed by atoms with Crippen LogP contribution in [0.4, 0.5) is 0 Å². The van der Waals surface area contributed by atoms with Crippen LogP contribution in [0.1, 0.15) is 37.8 Å². The van der Waals surface area contributed by atoms with E-state index >= 15 is 0 Å². The molecule has 0 saturated heterocycles. The number of nitrogens with zero attached hydrogens (tertiary/aromatic N) is 2. The molecule has 21 heavy (non-hydrogen) atoms. The second kappa shape index (κ2) is 6.07. The Bertz CT molecular complexity index is 602. The largest absolute Gasteiger partial charge is 0.480 e. The SMILES string of the molecule is Cc1ccc(=O)n(CC(=O)NC2(C(=O)O)CCCCC2)n1. The molecule has 0 aromatic carbocycles. The summed E-state index contributed by atoms with van der Waals surface area (Å²) in [4.78, 5) is 35.2. The van der Waals surface area contributed by atoms with Crippen LogP contribution < -0.4 is 10.9 Å². The quantitative estimate of drug-likeness (QED) is 0.839. The van der Waals surface area contributed by atoms with Gasteiger partial charge in [-0.3, -0.25) is 9.59 Å². The average Bonchev–Trinajstić information content (AvgIpc) is 2.43. The molecular formula is C14H19N3O4. The topological polar surface area (TPSA) is 101 Å². The number of aromatic nitrogens is 2. The Labute approximate surface area is 122 Å². The molecule has 1 fully saturated rings. The molecule has 7 nitrogen and oxygen atoms in total. The molecule has 0 spiro atoms. The molecule has 1 aromatic rings. The number of hydrogen-bond donors (Lipinski definition) is 2. The van der Waals surface area contributed by atoms with Gasteiger partial charge in [-0.05, 0) is 25.8 Å². The molecule has 2 N–H and O–H groups in total. The van der Waals surface area contributed by atoms with E-state index in [0.29, 0.717) is 18.5 Å². The Morgan fingerprint density at radius 1 is 1.33 bits per heavy atom. The Hall–Kier alpha value is -2.18. The number of rotatable bonds is 4. The highest BCUT2D eigenvalue weighted by molar-refractivity contribution is 5.87. The fourth-order valence-corrected chi connectivity index (χ4v) is 2.65. The number of carboxylic acid groups (broad SMARTS) is 1. The van der Waals surface area contributed by atoms with Crippen molar-refractivity contribution in [2.75, 3.05) is 0 Å². The van der Waals surface area contributed by atoms with Crippen LogP contribution in [0, 0.1) is 6.92 Å². The molecule has 0 aliphatic heterocycles. The summed E-state index contributed by atoms with van der Waals surface area (Å²) in [5.74, 6) is -1.51. The van der Waals surface area contributed by atoms with Gasteiger partial charge in [0.25, 0.3) is 5.56 Å². The molecule has 7 heteroatoms. The highest BCUT2D eigenvalue weighted by Crippen LogP contribution is 2.28. The van der Waals surface area contributed by atoms with Crippen LogP contribution in [0.25, 0.3) is 0 Å². The van der Waals surface area contributed by atoms with E-state index in [-0.39, 0.29) is 12.1 Å². The Morgan fingerprint density at radius 2 is 2.00 bits per heavy atom. The lowest BCUT2D eigenvalue weighted by Crippen LogP contribution is -2.56. The van der Waals surface area contributed by atoms with Gasteiger partial charge in [-0.25, -0.2) is 9.48 Å². The number of nitrogens with one attached hydrogen (secondary N) is 1. The Kier molecular flexibility index (Phi) is 4.40. The van der Waals surface area contributed by atoms with Gasteiger partial charge < -0.3 is 10.4 Å². The van der Waals surface area contributed by atoms with Crippen molar-refractivity contribution in [1.29, 1.82) is 0 Å². The maximum atomic E-state index is 12.1. The zero-order chi connectivity index (χ0) is 15.5. The summed E-state index contributed by atoms with van der Waals surface area (Å²) < 4.78 is 1.04. The van der Waals surface area contributed by atoms with Crippen LogP contribution in [0.2, 0.25) is 0 Å². The van der Waals surface area contributed by atoms with E-state index in [0.717, 1.165) is 23.9 Å². The molecule has 0 radical (unpaired) electrons. The van der Waals surface area contributed by atoms with E-state index in [4.69, 9.17) is 0 Å². The van der Waals surface area contributed by atoms with Crippen molar-refractivity contribution in [2.45, 2.75) is 51.1 Å². The predicted octanol–water partition coefficient (Wildman–Crippen LogP) is 0.455. The highest BCUT2D eigenvalue weighted by atomic mass is 16.4. The van der Waals surface area contributed by atoms with Crippen LogP contribution in [0.15, 0.2) is 16.9 Å². The zero-order valence-corrected chi connectivity index (χ0v) is 12.0. The molecule has 0 bridgehead atoms. The summed E-state index contributed by atoms with van der Waals surface area (Å²) in [6, 6.07) is 2.90. The Balaban J connectivity index is 2.11. The lowest BCUT2D eigenvalue weighted by atomic mass is 9.81. The molecule has 0 unspecified atom stereocenters. The number of aliphatic carboxylic acids is 1. The molecule has 1 saturated carbocycles. The molecule has 1 amide bonds. The van der Waals surface area contributed by atoms with Crippen molar-refractivity contribution in [3.05, 3.63) is 28.2 Å². The second-order valence-electron chi connectivity index (χ2n) is 5.47. The predicted molar refractivity (Wildman–Crippen MR) is 74.8 cm³/mol. The molecule has 1 aliphatic rings. The van der Waals surface area contributed by atoms with E-state index < -0.39 is 17.4 Å². The van der Waals surface area contributed by atoms with E-state index in [1.54, 1.807) is 13.0 Å². The summed E-state index contributed by atoms with van der Waals surface area (Å²) in [5.41, 5.74) is -0.972. The van der Waals surface area contributed by atoms with Crippen molar-refractivity contribution in [2.24, 2.45) is 0 Å². The minimum Gasteiger partial charge on any atom is -0.480 e. The fraction of sp³-hybridized carbons (Fsp3) is 0.571. The maximum Gasteiger partial charge on any atom is 0.329 e. The summed E-state index contributed by atoms with van der Waals surface area (Å²) >= 11 is 0. The van der Waals surface area contributed by atoms with Gasteiger partial charge >= 0.3 is 5.97 Å². The molecule has 1 heterocycles. The van der Waals surface area contributed by atoms with Gasteiger partial charge in [0.2, 0.25) is 5.91 Å².